The van der Waals surface area contributed by atoms with Crippen molar-refractivity contribution < 1.29 is 22.6 Å². The van der Waals surface area contributed by atoms with E-state index in [0.29, 0.717) is 35.5 Å². The first-order valence-corrected chi connectivity index (χ1v) is 7.14. The number of alkyl halides is 3. The fraction of sp³-hybridized carbons (Fsp3) is 0.167. The smallest absolute Gasteiger partial charge is 0.492 e. The summed E-state index contributed by atoms with van der Waals surface area (Å²) in [5.41, 5.74) is 3.40. The van der Waals surface area contributed by atoms with E-state index < -0.39 is 6.36 Å². The third kappa shape index (κ3) is 2.93. The zero-order valence-electron chi connectivity index (χ0n) is 12.5. The van der Waals surface area contributed by atoms with Gasteiger partial charge >= 0.3 is 6.36 Å². The lowest BCUT2D eigenvalue weighted by Gasteiger charge is -2.13. The zero-order valence-corrected chi connectivity index (χ0v) is 12.5. The molecule has 2 aromatic rings. The molecule has 0 spiro atoms. The van der Waals surface area contributed by atoms with Crippen LogP contribution in [-0.4, -0.2) is 13.0 Å². The van der Waals surface area contributed by atoms with E-state index in [1.54, 1.807) is 12.1 Å². The molecule has 0 bridgehead atoms. The first-order valence-electron chi connectivity index (χ1n) is 7.14. The van der Waals surface area contributed by atoms with Crippen LogP contribution in [0.15, 0.2) is 36.9 Å². The van der Waals surface area contributed by atoms with Crippen molar-refractivity contribution in [3.8, 4) is 28.7 Å². The number of benzene rings is 2. The second-order valence-electron chi connectivity index (χ2n) is 5.18. The standard InChI is InChI=1S/C18H12F3NO2/c1-2-11-9-15(17-14(7-8-23-17)16(11)10-22)12-3-5-13(6-4-12)24-18(19,20)21/h2-6,9H,1,7-8H2. The van der Waals surface area contributed by atoms with Gasteiger partial charge in [0.05, 0.1) is 12.2 Å². The van der Waals surface area contributed by atoms with Gasteiger partial charge in [0, 0.05) is 17.5 Å². The van der Waals surface area contributed by atoms with E-state index in [-0.39, 0.29) is 5.75 Å². The van der Waals surface area contributed by atoms with Gasteiger partial charge in [-0.15, -0.1) is 13.2 Å². The van der Waals surface area contributed by atoms with Crippen LogP contribution in [0.3, 0.4) is 0 Å². The quantitative estimate of drug-likeness (QED) is 0.818. The SMILES string of the molecule is C=Cc1cc(-c2ccc(OC(F)(F)F)cc2)c2c(c1C#N)CCO2. The molecule has 0 aromatic heterocycles. The Balaban J connectivity index is 2.06. The number of fused-ring (bicyclic) bond motifs is 1. The predicted octanol–water partition coefficient (Wildman–Crippen LogP) is 4.70. The molecule has 0 saturated carbocycles. The van der Waals surface area contributed by atoms with Crippen LogP contribution in [-0.2, 0) is 6.42 Å². The lowest BCUT2D eigenvalue weighted by molar-refractivity contribution is -0.274. The van der Waals surface area contributed by atoms with Gasteiger partial charge in [0.2, 0.25) is 0 Å². The highest BCUT2D eigenvalue weighted by Gasteiger charge is 2.31. The van der Waals surface area contributed by atoms with Crippen LogP contribution in [0.5, 0.6) is 11.5 Å². The Morgan fingerprint density at radius 2 is 1.96 bits per heavy atom. The minimum Gasteiger partial charge on any atom is -0.492 e. The molecule has 0 unspecified atom stereocenters. The van der Waals surface area contributed by atoms with Crippen LogP contribution in [0.4, 0.5) is 13.2 Å². The second-order valence-corrected chi connectivity index (χ2v) is 5.18. The Bertz CT molecular complexity index is 833. The minimum atomic E-state index is -4.73. The monoisotopic (exact) mass is 331 g/mol. The molecule has 1 heterocycles. The fourth-order valence-electron chi connectivity index (χ4n) is 2.75. The lowest BCUT2D eigenvalue weighted by atomic mass is 9.93. The van der Waals surface area contributed by atoms with Gasteiger partial charge in [-0.2, -0.15) is 5.26 Å². The van der Waals surface area contributed by atoms with Crippen LogP contribution >= 0.6 is 0 Å². The summed E-state index contributed by atoms with van der Waals surface area (Å²) in [7, 11) is 0. The summed E-state index contributed by atoms with van der Waals surface area (Å²) < 4.78 is 46.2. The second kappa shape index (κ2) is 5.93. The van der Waals surface area contributed by atoms with Crippen LogP contribution in [0.2, 0.25) is 0 Å². The van der Waals surface area contributed by atoms with Gasteiger partial charge in [0.25, 0.3) is 0 Å². The number of hydrogen-bond acceptors (Lipinski definition) is 3. The van der Waals surface area contributed by atoms with E-state index >= 15 is 0 Å². The largest absolute Gasteiger partial charge is 0.573 e. The summed E-state index contributed by atoms with van der Waals surface area (Å²) in [5.74, 6) is 0.308. The molecule has 0 aliphatic carbocycles. The normalized spacial score (nSPS) is 12.9. The predicted molar refractivity (Wildman–Crippen MR) is 82.6 cm³/mol. The maximum absolute atomic E-state index is 12.2. The van der Waals surface area contributed by atoms with E-state index in [0.717, 1.165) is 11.1 Å². The summed E-state index contributed by atoms with van der Waals surface area (Å²) in [5, 5.41) is 9.34. The third-order valence-electron chi connectivity index (χ3n) is 3.74. The van der Waals surface area contributed by atoms with Crippen molar-refractivity contribution in [2.45, 2.75) is 12.8 Å². The highest BCUT2D eigenvalue weighted by atomic mass is 19.4. The van der Waals surface area contributed by atoms with Gasteiger partial charge in [0.1, 0.15) is 17.6 Å². The Labute approximate surface area is 136 Å². The summed E-state index contributed by atoms with van der Waals surface area (Å²) in [4.78, 5) is 0. The Morgan fingerprint density at radius 1 is 1.25 bits per heavy atom. The van der Waals surface area contributed by atoms with Crippen molar-refractivity contribution in [1.29, 1.82) is 5.26 Å². The molecule has 24 heavy (non-hydrogen) atoms. The van der Waals surface area contributed by atoms with Crippen molar-refractivity contribution in [1.82, 2.24) is 0 Å². The molecule has 3 nitrogen and oxygen atoms in total. The molecule has 0 fully saturated rings. The van der Waals surface area contributed by atoms with Crippen LogP contribution in [0.1, 0.15) is 16.7 Å². The molecule has 0 saturated heterocycles. The first-order chi connectivity index (χ1) is 11.4. The lowest BCUT2D eigenvalue weighted by Crippen LogP contribution is -2.16. The van der Waals surface area contributed by atoms with E-state index in [1.807, 2.05) is 0 Å². The zero-order chi connectivity index (χ0) is 17.3. The van der Waals surface area contributed by atoms with Crippen LogP contribution in [0, 0.1) is 11.3 Å². The molecule has 122 valence electrons. The first kappa shape index (κ1) is 15.9. The number of rotatable bonds is 3. The van der Waals surface area contributed by atoms with Crippen molar-refractivity contribution >= 4 is 6.08 Å². The number of ether oxygens (including phenoxy) is 2. The van der Waals surface area contributed by atoms with Crippen molar-refractivity contribution in [2.24, 2.45) is 0 Å². The Kier molecular flexibility index (Phi) is 3.94. The maximum atomic E-state index is 12.2. The average Bonchev–Trinajstić information content (AvgIpc) is 3.02. The average molecular weight is 331 g/mol. The highest BCUT2D eigenvalue weighted by Crippen LogP contribution is 2.41. The Morgan fingerprint density at radius 3 is 2.54 bits per heavy atom. The summed E-state index contributed by atoms with van der Waals surface area (Å²) >= 11 is 0. The molecule has 0 radical (unpaired) electrons. The molecule has 0 atom stereocenters. The van der Waals surface area contributed by atoms with Gasteiger partial charge in [-0.05, 0) is 29.3 Å². The number of nitriles is 1. The van der Waals surface area contributed by atoms with Gasteiger partial charge in [-0.25, -0.2) is 0 Å². The topological polar surface area (TPSA) is 42.2 Å². The van der Waals surface area contributed by atoms with Gasteiger partial charge < -0.3 is 9.47 Å². The number of halogens is 3. The third-order valence-corrected chi connectivity index (χ3v) is 3.74. The highest BCUT2D eigenvalue weighted by molar-refractivity contribution is 5.79. The van der Waals surface area contributed by atoms with E-state index in [2.05, 4.69) is 17.4 Å². The molecule has 2 aromatic carbocycles. The van der Waals surface area contributed by atoms with Crippen molar-refractivity contribution in [3.63, 3.8) is 0 Å². The van der Waals surface area contributed by atoms with Crippen LogP contribution in [0.25, 0.3) is 17.2 Å². The summed E-state index contributed by atoms with van der Waals surface area (Å²) in [6.07, 6.45) is -2.53. The molecule has 1 aliphatic rings. The molecule has 0 N–H and O–H groups in total. The van der Waals surface area contributed by atoms with E-state index in [4.69, 9.17) is 4.74 Å². The van der Waals surface area contributed by atoms with Crippen LogP contribution < -0.4 is 9.47 Å². The molecular formula is C18H12F3NO2. The molecule has 3 rings (SSSR count). The van der Waals surface area contributed by atoms with Crippen molar-refractivity contribution in [2.75, 3.05) is 6.61 Å². The van der Waals surface area contributed by atoms with E-state index in [1.165, 1.54) is 24.3 Å². The Hall–Kier alpha value is -2.94. The molecule has 1 aliphatic heterocycles. The molecular weight excluding hydrogens is 319 g/mol. The van der Waals surface area contributed by atoms with Gasteiger partial charge in [-0.3, -0.25) is 0 Å². The molecule has 0 amide bonds. The van der Waals surface area contributed by atoms with Gasteiger partial charge in [-0.1, -0.05) is 24.8 Å². The fourth-order valence-corrected chi connectivity index (χ4v) is 2.75. The number of nitrogens with zero attached hydrogens (tertiary/aromatic N) is 1. The van der Waals surface area contributed by atoms with Gasteiger partial charge in [0.15, 0.2) is 0 Å². The number of hydrogen-bond donors (Lipinski definition) is 0. The summed E-state index contributed by atoms with van der Waals surface area (Å²) in [6, 6.07) is 9.47. The van der Waals surface area contributed by atoms with Crippen molar-refractivity contribution in [3.05, 3.63) is 53.6 Å². The van der Waals surface area contributed by atoms with E-state index in [9.17, 15) is 18.4 Å². The molecule has 6 heteroatoms. The minimum absolute atomic E-state index is 0.290. The maximum Gasteiger partial charge on any atom is 0.573 e. The summed E-state index contributed by atoms with van der Waals surface area (Å²) in [6.45, 7) is 4.18.